The van der Waals surface area contributed by atoms with Gasteiger partial charge in [0.25, 0.3) is 0 Å². The zero-order chi connectivity index (χ0) is 15.2. The van der Waals surface area contributed by atoms with E-state index in [1.807, 2.05) is 13.1 Å². The molecule has 0 aliphatic rings. The Hall–Kier alpha value is -1.46. The fraction of sp³-hybridized carbons (Fsp3) is 0.312. The van der Waals surface area contributed by atoms with E-state index in [0.717, 1.165) is 27.8 Å². The van der Waals surface area contributed by atoms with E-state index in [9.17, 15) is 4.39 Å². The number of benzene rings is 1. The molecule has 21 heavy (non-hydrogen) atoms. The predicted molar refractivity (Wildman–Crippen MR) is 85.0 cm³/mol. The van der Waals surface area contributed by atoms with E-state index < -0.39 is 0 Å². The monoisotopic (exact) mass is 352 g/mol. The zero-order valence-corrected chi connectivity index (χ0v) is 13.7. The molecule has 0 fully saturated rings. The minimum atomic E-state index is -0.264. The van der Waals surface area contributed by atoms with Gasteiger partial charge in [0.15, 0.2) is 0 Å². The first-order chi connectivity index (χ1) is 10.2. The zero-order valence-electron chi connectivity index (χ0n) is 12.1. The van der Waals surface area contributed by atoms with Gasteiger partial charge < -0.3 is 10.1 Å². The van der Waals surface area contributed by atoms with Crippen molar-refractivity contribution in [2.75, 3.05) is 13.7 Å². The van der Waals surface area contributed by atoms with Crippen LogP contribution in [0, 0.1) is 5.82 Å². The number of hydrogen-bond donors (Lipinski definition) is 1. The number of ether oxygens (including phenoxy) is 1. The lowest BCUT2D eigenvalue weighted by molar-refractivity contribution is 0.315. The van der Waals surface area contributed by atoms with Crippen molar-refractivity contribution in [3.05, 3.63) is 58.1 Å². The van der Waals surface area contributed by atoms with Crippen LogP contribution < -0.4 is 10.1 Å². The molecule has 0 saturated carbocycles. The highest BCUT2D eigenvalue weighted by Gasteiger charge is 2.17. The minimum absolute atomic E-state index is 0.159. The fourth-order valence-corrected chi connectivity index (χ4v) is 2.61. The highest BCUT2D eigenvalue weighted by Crippen LogP contribution is 2.30. The first-order valence-electron chi connectivity index (χ1n) is 6.85. The van der Waals surface area contributed by atoms with Crippen molar-refractivity contribution < 1.29 is 9.13 Å². The summed E-state index contributed by atoms with van der Waals surface area (Å²) in [6.07, 6.45) is 4.39. The molecule has 1 aromatic carbocycles. The number of nitrogens with one attached hydrogen (secondary N) is 1. The Morgan fingerprint density at radius 1 is 1.33 bits per heavy atom. The van der Waals surface area contributed by atoms with Crippen molar-refractivity contribution in [1.82, 2.24) is 10.3 Å². The third-order valence-electron chi connectivity index (χ3n) is 3.10. The second kappa shape index (κ2) is 7.52. The van der Waals surface area contributed by atoms with E-state index >= 15 is 0 Å². The molecular weight excluding hydrogens is 335 g/mol. The molecule has 0 amide bonds. The van der Waals surface area contributed by atoms with Crippen LogP contribution in [0.15, 0.2) is 41.1 Å². The number of rotatable bonds is 6. The van der Waals surface area contributed by atoms with Crippen molar-refractivity contribution >= 4 is 15.9 Å². The van der Waals surface area contributed by atoms with Crippen molar-refractivity contribution in [3.8, 4) is 5.75 Å². The normalized spacial score (nSPS) is 12.2. The average molecular weight is 353 g/mol. The lowest BCUT2D eigenvalue weighted by atomic mass is 10.00. The van der Waals surface area contributed by atoms with E-state index in [1.165, 1.54) is 12.1 Å². The molecule has 1 atom stereocenters. The highest BCUT2D eigenvalue weighted by atomic mass is 79.9. The van der Waals surface area contributed by atoms with Crippen LogP contribution in [0.5, 0.6) is 5.75 Å². The molecule has 1 N–H and O–H groups in total. The van der Waals surface area contributed by atoms with Gasteiger partial charge in [-0.2, -0.15) is 0 Å². The van der Waals surface area contributed by atoms with Gasteiger partial charge in [0.1, 0.15) is 11.6 Å². The van der Waals surface area contributed by atoms with E-state index in [4.69, 9.17) is 4.74 Å². The molecule has 1 heterocycles. The first kappa shape index (κ1) is 15.9. The summed E-state index contributed by atoms with van der Waals surface area (Å²) < 4.78 is 20.0. The summed E-state index contributed by atoms with van der Waals surface area (Å²) in [5.41, 5.74) is 1.75. The van der Waals surface area contributed by atoms with Crippen molar-refractivity contribution in [3.63, 3.8) is 0 Å². The van der Waals surface area contributed by atoms with Gasteiger partial charge in [0, 0.05) is 10.7 Å². The van der Waals surface area contributed by atoms with Crippen LogP contribution in [-0.4, -0.2) is 18.6 Å². The van der Waals surface area contributed by atoms with Gasteiger partial charge in [0.2, 0.25) is 0 Å². The minimum Gasteiger partial charge on any atom is -0.492 e. The van der Waals surface area contributed by atoms with Gasteiger partial charge in [0.05, 0.1) is 18.8 Å². The summed E-state index contributed by atoms with van der Waals surface area (Å²) in [5.74, 6) is 0.460. The van der Waals surface area contributed by atoms with Crippen LogP contribution in [0.3, 0.4) is 0 Å². The Morgan fingerprint density at radius 2 is 2.14 bits per heavy atom. The van der Waals surface area contributed by atoms with E-state index in [0.29, 0.717) is 6.61 Å². The maximum atomic E-state index is 13.5. The lowest BCUT2D eigenvalue weighted by Gasteiger charge is -2.19. The first-order valence-corrected chi connectivity index (χ1v) is 7.65. The molecule has 112 valence electrons. The summed E-state index contributed by atoms with van der Waals surface area (Å²) in [4.78, 5) is 4.21. The van der Waals surface area contributed by atoms with Crippen LogP contribution in [0.2, 0.25) is 0 Å². The topological polar surface area (TPSA) is 34.1 Å². The number of hydrogen-bond acceptors (Lipinski definition) is 3. The maximum absolute atomic E-state index is 13.5. The van der Waals surface area contributed by atoms with Gasteiger partial charge in [-0.25, -0.2) is 4.39 Å². The Labute approximate surface area is 132 Å². The molecule has 1 unspecified atom stereocenters. The Kier molecular flexibility index (Phi) is 5.70. The van der Waals surface area contributed by atoms with Crippen LogP contribution in [0.1, 0.15) is 30.5 Å². The quantitative estimate of drug-likeness (QED) is 0.850. The highest BCUT2D eigenvalue weighted by molar-refractivity contribution is 9.10. The van der Waals surface area contributed by atoms with Crippen molar-refractivity contribution in [2.24, 2.45) is 0 Å². The predicted octanol–water partition coefficient (Wildman–Crippen LogP) is 4.08. The number of nitrogens with zero attached hydrogens (tertiary/aromatic N) is 1. The molecule has 0 radical (unpaired) electrons. The Balaban J connectivity index is 2.34. The SMILES string of the molecule is CCCOc1cncc(C(NC)c2cc(F)ccc2Br)c1. The summed E-state index contributed by atoms with van der Waals surface area (Å²) in [6.45, 7) is 2.70. The second-order valence-corrected chi connectivity index (χ2v) is 5.54. The Bertz CT molecular complexity index is 607. The number of pyridine rings is 1. The summed E-state index contributed by atoms with van der Waals surface area (Å²) >= 11 is 3.47. The van der Waals surface area contributed by atoms with Crippen LogP contribution in [0.25, 0.3) is 0 Å². The third kappa shape index (κ3) is 4.02. The van der Waals surface area contributed by atoms with Gasteiger partial charge in [-0.05, 0) is 48.9 Å². The molecular formula is C16H18BrFN2O. The van der Waals surface area contributed by atoms with Crippen LogP contribution >= 0.6 is 15.9 Å². The summed E-state index contributed by atoms with van der Waals surface area (Å²) in [6, 6.07) is 6.43. The molecule has 3 nitrogen and oxygen atoms in total. The van der Waals surface area contributed by atoms with Gasteiger partial charge in [-0.1, -0.05) is 22.9 Å². The standard InChI is InChI=1S/C16H18BrFN2O/c1-3-6-21-13-7-11(9-20-10-13)16(19-2)14-8-12(18)4-5-15(14)17/h4-5,7-10,16,19H,3,6H2,1-2H3. The maximum Gasteiger partial charge on any atom is 0.137 e. The number of halogens is 2. The van der Waals surface area contributed by atoms with Crippen LogP contribution in [0.4, 0.5) is 4.39 Å². The molecule has 0 saturated heterocycles. The lowest BCUT2D eigenvalue weighted by Crippen LogP contribution is -2.18. The largest absolute Gasteiger partial charge is 0.492 e. The Morgan fingerprint density at radius 3 is 2.86 bits per heavy atom. The van der Waals surface area contributed by atoms with Crippen molar-refractivity contribution in [1.29, 1.82) is 0 Å². The van der Waals surface area contributed by atoms with Crippen molar-refractivity contribution in [2.45, 2.75) is 19.4 Å². The fourth-order valence-electron chi connectivity index (χ4n) is 2.13. The van der Waals surface area contributed by atoms with E-state index in [1.54, 1.807) is 18.5 Å². The van der Waals surface area contributed by atoms with Crippen LogP contribution in [-0.2, 0) is 0 Å². The van der Waals surface area contributed by atoms with E-state index in [2.05, 4.69) is 33.2 Å². The number of aromatic nitrogens is 1. The molecule has 0 spiro atoms. The molecule has 5 heteroatoms. The molecule has 0 aliphatic heterocycles. The molecule has 2 aromatic rings. The summed E-state index contributed by atoms with van der Waals surface area (Å²) in [7, 11) is 1.83. The van der Waals surface area contributed by atoms with Gasteiger partial charge in [-0.15, -0.1) is 0 Å². The second-order valence-electron chi connectivity index (χ2n) is 4.69. The third-order valence-corrected chi connectivity index (χ3v) is 3.82. The molecule has 0 aliphatic carbocycles. The van der Waals surface area contributed by atoms with E-state index in [-0.39, 0.29) is 11.9 Å². The molecule has 0 bridgehead atoms. The average Bonchev–Trinajstić information content (AvgIpc) is 2.50. The molecule has 1 aromatic heterocycles. The summed E-state index contributed by atoms with van der Waals surface area (Å²) in [5, 5.41) is 3.19. The van der Waals surface area contributed by atoms with Gasteiger partial charge in [-0.3, -0.25) is 4.98 Å². The van der Waals surface area contributed by atoms with Gasteiger partial charge >= 0.3 is 0 Å². The molecule has 2 rings (SSSR count). The smallest absolute Gasteiger partial charge is 0.137 e.